The summed E-state index contributed by atoms with van der Waals surface area (Å²) >= 11 is 0. The van der Waals surface area contributed by atoms with Crippen molar-refractivity contribution >= 4 is 0 Å². The molecule has 0 bridgehead atoms. The van der Waals surface area contributed by atoms with Gasteiger partial charge in [0.1, 0.15) is 5.75 Å². The molecule has 0 heterocycles. The standard InChI is InChI=1S/C16H25NO/c1-13(2)17-12-14-8-10-16(11-9-14)18-15-6-4-3-5-7-15/h8-11,13,15,17H,3-7,12H2,1-2H3. The molecule has 1 aliphatic rings. The molecule has 18 heavy (non-hydrogen) atoms. The first kappa shape index (κ1) is 13.4. The summed E-state index contributed by atoms with van der Waals surface area (Å²) < 4.78 is 6.02. The van der Waals surface area contributed by atoms with Crippen LogP contribution in [0.1, 0.15) is 51.5 Å². The minimum absolute atomic E-state index is 0.443. The summed E-state index contributed by atoms with van der Waals surface area (Å²) in [6.45, 7) is 5.27. The fraction of sp³-hybridized carbons (Fsp3) is 0.625. The van der Waals surface area contributed by atoms with Gasteiger partial charge >= 0.3 is 0 Å². The Morgan fingerprint density at radius 3 is 2.39 bits per heavy atom. The summed E-state index contributed by atoms with van der Waals surface area (Å²) in [5, 5.41) is 3.42. The summed E-state index contributed by atoms with van der Waals surface area (Å²) in [6.07, 6.45) is 6.90. The second-order valence-corrected chi connectivity index (χ2v) is 5.56. The van der Waals surface area contributed by atoms with E-state index in [2.05, 4.69) is 43.4 Å². The maximum Gasteiger partial charge on any atom is 0.119 e. The molecule has 2 heteroatoms. The minimum atomic E-state index is 0.443. The van der Waals surface area contributed by atoms with Crippen LogP contribution in [0.3, 0.4) is 0 Å². The molecule has 0 spiro atoms. The fourth-order valence-corrected chi connectivity index (χ4v) is 2.38. The summed E-state index contributed by atoms with van der Waals surface area (Å²) in [4.78, 5) is 0. The van der Waals surface area contributed by atoms with E-state index in [1.54, 1.807) is 0 Å². The Labute approximate surface area is 111 Å². The first-order valence-electron chi connectivity index (χ1n) is 7.23. The summed E-state index contributed by atoms with van der Waals surface area (Å²) in [5.41, 5.74) is 1.32. The van der Waals surface area contributed by atoms with Crippen LogP contribution < -0.4 is 10.1 Å². The third-order valence-electron chi connectivity index (χ3n) is 3.49. The lowest BCUT2D eigenvalue weighted by molar-refractivity contribution is 0.155. The van der Waals surface area contributed by atoms with Crippen LogP contribution in [0.2, 0.25) is 0 Å². The van der Waals surface area contributed by atoms with Crippen molar-refractivity contribution in [3.8, 4) is 5.75 Å². The van der Waals surface area contributed by atoms with E-state index < -0.39 is 0 Å². The highest BCUT2D eigenvalue weighted by molar-refractivity contribution is 5.27. The molecule has 1 N–H and O–H groups in total. The van der Waals surface area contributed by atoms with Crippen LogP contribution in [-0.4, -0.2) is 12.1 Å². The van der Waals surface area contributed by atoms with E-state index in [9.17, 15) is 0 Å². The van der Waals surface area contributed by atoms with Gasteiger partial charge in [-0.25, -0.2) is 0 Å². The van der Waals surface area contributed by atoms with Crippen molar-refractivity contribution in [3.05, 3.63) is 29.8 Å². The molecule has 1 fully saturated rings. The predicted octanol–water partition coefficient (Wildman–Crippen LogP) is 3.90. The summed E-state index contributed by atoms with van der Waals surface area (Å²) in [5.74, 6) is 1.02. The molecule has 1 aliphatic carbocycles. The number of benzene rings is 1. The van der Waals surface area contributed by atoms with Crippen molar-refractivity contribution in [3.63, 3.8) is 0 Å². The number of ether oxygens (including phenoxy) is 1. The molecule has 0 aromatic heterocycles. The molecule has 0 amide bonds. The summed E-state index contributed by atoms with van der Waals surface area (Å²) in [7, 11) is 0. The Kier molecular flexibility index (Phi) is 5.06. The largest absolute Gasteiger partial charge is 0.490 e. The second kappa shape index (κ2) is 6.79. The zero-order valence-corrected chi connectivity index (χ0v) is 11.6. The van der Waals surface area contributed by atoms with E-state index in [4.69, 9.17) is 4.74 Å². The smallest absolute Gasteiger partial charge is 0.119 e. The zero-order chi connectivity index (χ0) is 12.8. The van der Waals surface area contributed by atoms with E-state index in [-0.39, 0.29) is 0 Å². The maximum absolute atomic E-state index is 6.02. The Morgan fingerprint density at radius 2 is 1.78 bits per heavy atom. The zero-order valence-electron chi connectivity index (χ0n) is 11.6. The van der Waals surface area contributed by atoms with Gasteiger partial charge in [0.25, 0.3) is 0 Å². The van der Waals surface area contributed by atoms with Crippen molar-refractivity contribution in [2.75, 3.05) is 0 Å². The van der Waals surface area contributed by atoms with Crippen LogP contribution in [0.5, 0.6) is 5.75 Å². The van der Waals surface area contributed by atoms with Crippen molar-refractivity contribution in [1.82, 2.24) is 5.32 Å². The number of nitrogens with one attached hydrogen (secondary N) is 1. The molecular weight excluding hydrogens is 222 g/mol. The van der Waals surface area contributed by atoms with Gasteiger partial charge in [0, 0.05) is 12.6 Å². The molecule has 0 unspecified atom stereocenters. The van der Waals surface area contributed by atoms with E-state index in [0.29, 0.717) is 12.1 Å². The lowest BCUT2D eigenvalue weighted by atomic mass is 9.98. The lowest BCUT2D eigenvalue weighted by Crippen LogP contribution is -2.22. The second-order valence-electron chi connectivity index (χ2n) is 5.56. The maximum atomic E-state index is 6.02. The topological polar surface area (TPSA) is 21.3 Å². The van der Waals surface area contributed by atoms with Gasteiger partial charge in [-0.1, -0.05) is 32.4 Å². The highest BCUT2D eigenvalue weighted by atomic mass is 16.5. The van der Waals surface area contributed by atoms with Crippen LogP contribution >= 0.6 is 0 Å². The van der Waals surface area contributed by atoms with Gasteiger partial charge in [0.15, 0.2) is 0 Å². The minimum Gasteiger partial charge on any atom is -0.490 e. The molecular formula is C16H25NO. The summed E-state index contributed by atoms with van der Waals surface area (Å²) in [6, 6.07) is 9.06. The first-order valence-corrected chi connectivity index (χ1v) is 7.23. The predicted molar refractivity (Wildman–Crippen MR) is 75.9 cm³/mol. The van der Waals surface area contributed by atoms with E-state index >= 15 is 0 Å². The third-order valence-corrected chi connectivity index (χ3v) is 3.49. The van der Waals surface area contributed by atoms with Gasteiger partial charge in [-0.2, -0.15) is 0 Å². The van der Waals surface area contributed by atoms with Gasteiger partial charge in [-0.15, -0.1) is 0 Å². The normalized spacial score (nSPS) is 17.1. The van der Waals surface area contributed by atoms with Crippen LogP contribution in [0.15, 0.2) is 24.3 Å². The van der Waals surface area contributed by atoms with Gasteiger partial charge < -0.3 is 10.1 Å². The molecule has 0 aliphatic heterocycles. The van der Waals surface area contributed by atoms with Crippen LogP contribution in [0.4, 0.5) is 0 Å². The lowest BCUT2D eigenvalue weighted by Gasteiger charge is -2.23. The van der Waals surface area contributed by atoms with E-state index in [0.717, 1.165) is 12.3 Å². The van der Waals surface area contributed by atoms with Crippen molar-refractivity contribution in [2.45, 2.75) is 64.6 Å². The molecule has 2 nitrogen and oxygen atoms in total. The van der Waals surface area contributed by atoms with Crippen LogP contribution in [-0.2, 0) is 6.54 Å². The fourth-order valence-electron chi connectivity index (χ4n) is 2.38. The van der Waals surface area contributed by atoms with E-state index in [1.165, 1.54) is 37.7 Å². The average Bonchev–Trinajstić information content (AvgIpc) is 2.39. The molecule has 0 saturated heterocycles. The van der Waals surface area contributed by atoms with E-state index in [1.807, 2.05) is 0 Å². The Balaban J connectivity index is 1.83. The molecule has 0 atom stereocenters. The molecule has 0 radical (unpaired) electrons. The van der Waals surface area contributed by atoms with Crippen molar-refractivity contribution in [1.29, 1.82) is 0 Å². The number of hydrogen-bond acceptors (Lipinski definition) is 2. The average molecular weight is 247 g/mol. The Bertz CT molecular complexity index is 339. The van der Waals surface area contributed by atoms with Gasteiger partial charge in [0.05, 0.1) is 6.10 Å². The third kappa shape index (κ3) is 4.34. The molecule has 100 valence electrons. The van der Waals surface area contributed by atoms with Gasteiger partial charge in [-0.05, 0) is 43.4 Å². The quantitative estimate of drug-likeness (QED) is 0.852. The van der Waals surface area contributed by atoms with Gasteiger partial charge in [0.2, 0.25) is 0 Å². The Hall–Kier alpha value is -1.02. The molecule has 1 saturated carbocycles. The SMILES string of the molecule is CC(C)NCc1ccc(OC2CCCCC2)cc1. The Morgan fingerprint density at radius 1 is 1.11 bits per heavy atom. The highest BCUT2D eigenvalue weighted by Gasteiger charge is 2.14. The van der Waals surface area contributed by atoms with Crippen LogP contribution in [0, 0.1) is 0 Å². The molecule has 1 aromatic rings. The molecule has 1 aromatic carbocycles. The monoisotopic (exact) mass is 247 g/mol. The first-order chi connectivity index (χ1) is 8.74. The highest BCUT2D eigenvalue weighted by Crippen LogP contribution is 2.23. The van der Waals surface area contributed by atoms with Crippen molar-refractivity contribution < 1.29 is 4.74 Å². The van der Waals surface area contributed by atoms with Crippen LogP contribution in [0.25, 0.3) is 0 Å². The number of rotatable bonds is 5. The van der Waals surface area contributed by atoms with Crippen molar-refractivity contribution in [2.24, 2.45) is 0 Å². The van der Waals surface area contributed by atoms with Gasteiger partial charge in [-0.3, -0.25) is 0 Å². The number of hydrogen-bond donors (Lipinski definition) is 1. The molecule has 2 rings (SSSR count).